The highest BCUT2D eigenvalue weighted by atomic mass is 32.2. The molecule has 7 nitrogen and oxygen atoms in total. The van der Waals surface area contributed by atoms with Gasteiger partial charge in [0.25, 0.3) is 0 Å². The molecular weight excluding hydrogens is 487 g/mol. The normalized spacial score (nSPS) is 16.2. The number of thiophene rings is 1. The van der Waals surface area contributed by atoms with Gasteiger partial charge in [-0.3, -0.25) is 14.5 Å². The lowest BCUT2D eigenvalue weighted by atomic mass is 9.88. The van der Waals surface area contributed by atoms with E-state index < -0.39 is 5.82 Å². The fourth-order valence-electron chi connectivity index (χ4n) is 4.02. The van der Waals surface area contributed by atoms with E-state index >= 15 is 0 Å². The number of hydrogen-bond donors (Lipinski definition) is 1. The summed E-state index contributed by atoms with van der Waals surface area (Å²) in [5.74, 6) is -0.191. The molecule has 0 fully saturated rings. The first kappa shape index (κ1) is 25.4. The topological polar surface area (TPSA) is 76.5 Å². The van der Waals surface area contributed by atoms with Crippen molar-refractivity contribution in [3.63, 3.8) is 0 Å². The van der Waals surface area contributed by atoms with Crippen molar-refractivity contribution in [1.29, 1.82) is 0 Å². The van der Waals surface area contributed by atoms with Crippen molar-refractivity contribution in [3.05, 3.63) is 63.7 Å². The smallest absolute Gasteiger partial charge is 0.240 e. The standard InChI is InChI=1S/C25H29FN4O3S2/c1-25(2,3)23-21-22(18-9-6-12-34-18)35-15-20(32)29(14-19(31)27-10-11-33-4)24(21)30(28-23)17-8-5-7-16(26)13-17/h5-9,12-13,22H,10-11,14-15H2,1-4H3,(H,27,31)/t22-/m0/s1. The number of amides is 2. The van der Waals surface area contributed by atoms with E-state index in [0.717, 1.165) is 16.1 Å². The lowest BCUT2D eigenvalue weighted by molar-refractivity contribution is -0.123. The van der Waals surface area contributed by atoms with E-state index in [1.165, 1.54) is 28.8 Å². The number of carbonyl (C=O) groups excluding carboxylic acids is 2. The number of rotatable bonds is 7. The van der Waals surface area contributed by atoms with Crippen molar-refractivity contribution in [2.75, 3.05) is 37.5 Å². The monoisotopic (exact) mass is 516 g/mol. The zero-order valence-electron chi connectivity index (χ0n) is 20.2. The maximum absolute atomic E-state index is 14.3. The highest BCUT2D eigenvalue weighted by Gasteiger charge is 2.40. The molecule has 2 aromatic heterocycles. The molecular formula is C25H29FN4O3S2. The van der Waals surface area contributed by atoms with Crippen LogP contribution in [-0.2, 0) is 19.7 Å². The van der Waals surface area contributed by atoms with Crippen LogP contribution in [0.1, 0.15) is 42.2 Å². The molecule has 2 amide bonds. The summed E-state index contributed by atoms with van der Waals surface area (Å²) in [6, 6.07) is 10.2. The first-order valence-electron chi connectivity index (χ1n) is 11.3. The lowest BCUT2D eigenvalue weighted by Gasteiger charge is -2.24. The first-order valence-corrected chi connectivity index (χ1v) is 13.2. The van der Waals surface area contributed by atoms with Crippen molar-refractivity contribution in [1.82, 2.24) is 15.1 Å². The van der Waals surface area contributed by atoms with Crippen LogP contribution in [-0.4, -0.2) is 54.2 Å². The molecule has 10 heteroatoms. The number of hydrogen-bond acceptors (Lipinski definition) is 6. The molecule has 35 heavy (non-hydrogen) atoms. The van der Waals surface area contributed by atoms with E-state index in [4.69, 9.17) is 9.84 Å². The fourth-order valence-corrected chi connectivity index (χ4v) is 6.19. The van der Waals surface area contributed by atoms with Crippen LogP contribution in [0.5, 0.6) is 0 Å². The predicted octanol–water partition coefficient (Wildman–Crippen LogP) is 4.30. The largest absolute Gasteiger partial charge is 0.383 e. The summed E-state index contributed by atoms with van der Waals surface area (Å²) in [7, 11) is 1.56. The molecule has 0 saturated heterocycles. The third-order valence-corrected chi connectivity index (χ3v) is 7.91. The van der Waals surface area contributed by atoms with Crippen molar-refractivity contribution < 1.29 is 18.7 Å². The van der Waals surface area contributed by atoms with Crippen LogP contribution in [0.15, 0.2) is 41.8 Å². The van der Waals surface area contributed by atoms with E-state index in [1.54, 1.807) is 35.3 Å². The average molecular weight is 517 g/mol. The number of thioether (sulfide) groups is 1. The molecule has 4 rings (SSSR count). The Labute approximate surface area is 212 Å². The van der Waals surface area contributed by atoms with Gasteiger partial charge in [0.1, 0.15) is 18.2 Å². The Morgan fingerprint density at radius 1 is 1.29 bits per heavy atom. The molecule has 1 N–H and O–H groups in total. The van der Waals surface area contributed by atoms with Gasteiger partial charge in [-0.15, -0.1) is 23.1 Å². The van der Waals surface area contributed by atoms with Gasteiger partial charge in [0.05, 0.1) is 29.0 Å². The Morgan fingerprint density at radius 2 is 2.09 bits per heavy atom. The molecule has 0 bridgehead atoms. The molecule has 3 heterocycles. The molecule has 1 atom stereocenters. The number of halogens is 1. The van der Waals surface area contributed by atoms with Crippen LogP contribution >= 0.6 is 23.1 Å². The molecule has 0 aliphatic carbocycles. The van der Waals surface area contributed by atoms with Gasteiger partial charge in [0.15, 0.2) is 0 Å². The van der Waals surface area contributed by atoms with Crippen LogP contribution in [0.3, 0.4) is 0 Å². The number of fused-ring (bicyclic) bond motifs is 1. The molecule has 0 radical (unpaired) electrons. The molecule has 1 aliphatic heterocycles. The zero-order chi connectivity index (χ0) is 25.2. The van der Waals surface area contributed by atoms with Crippen LogP contribution in [0, 0.1) is 5.82 Å². The third-order valence-electron chi connectivity index (χ3n) is 5.58. The van der Waals surface area contributed by atoms with Crippen LogP contribution in [0.25, 0.3) is 5.69 Å². The van der Waals surface area contributed by atoms with Gasteiger partial charge in [0, 0.05) is 29.5 Å². The summed E-state index contributed by atoms with van der Waals surface area (Å²) in [5, 5.41) is 9.60. The summed E-state index contributed by atoms with van der Waals surface area (Å²) in [4.78, 5) is 28.9. The molecule has 0 spiro atoms. The quantitative estimate of drug-likeness (QED) is 0.474. The van der Waals surface area contributed by atoms with Crippen molar-refractivity contribution in [2.45, 2.75) is 31.4 Å². The number of carbonyl (C=O) groups is 2. The first-order chi connectivity index (χ1) is 16.7. The Bertz CT molecular complexity index is 1200. The number of benzene rings is 1. The van der Waals surface area contributed by atoms with E-state index in [-0.39, 0.29) is 34.8 Å². The minimum atomic E-state index is -0.406. The number of nitrogens with zero attached hydrogens (tertiary/aromatic N) is 3. The van der Waals surface area contributed by atoms with E-state index in [2.05, 4.69) is 32.2 Å². The number of nitrogens with one attached hydrogen (secondary N) is 1. The van der Waals surface area contributed by atoms with Gasteiger partial charge in [-0.2, -0.15) is 5.10 Å². The second-order valence-electron chi connectivity index (χ2n) is 9.26. The number of aromatic nitrogens is 2. The molecule has 1 aliphatic rings. The molecule has 3 aromatic rings. The van der Waals surface area contributed by atoms with Gasteiger partial charge < -0.3 is 10.1 Å². The van der Waals surface area contributed by atoms with E-state index in [0.29, 0.717) is 24.7 Å². The van der Waals surface area contributed by atoms with Gasteiger partial charge in [-0.25, -0.2) is 9.07 Å². The second-order valence-corrected chi connectivity index (χ2v) is 11.3. The van der Waals surface area contributed by atoms with Gasteiger partial charge in [0.2, 0.25) is 11.8 Å². The summed E-state index contributed by atoms with van der Waals surface area (Å²) < 4.78 is 20.9. The van der Waals surface area contributed by atoms with Crippen molar-refractivity contribution >= 4 is 40.7 Å². The molecule has 0 saturated carbocycles. The van der Waals surface area contributed by atoms with Gasteiger partial charge in [-0.1, -0.05) is 32.9 Å². The number of ether oxygens (including phenoxy) is 1. The maximum atomic E-state index is 14.3. The minimum Gasteiger partial charge on any atom is -0.383 e. The average Bonchev–Trinajstić information content (AvgIpc) is 3.44. The van der Waals surface area contributed by atoms with E-state index in [1.807, 2.05) is 11.4 Å². The van der Waals surface area contributed by atoms with Crippen LogP contribution < -0.4 is 10.2 Å². The summed E-state index contributed by atoms with van der Waals surface area (Å²) >= 11 is 3.15. The number of methoxy groups -OCH3 is 1. The van der Waals surface area contributed by atoms with Crippen LogP contribution in [0.4, 0.5) is 10.2 Å². The summed E-state index contributed by atoms with van der Waals surface area (Å²) in [6.45, 7) is 6.74. The highest BCUT2D eigenvalue weighted by Crippen LogP contribution is 2.49. The lowest BCUT2D eigenvalue weighted by Crippen LogP contribution is -2.43. The molecule has 1 aromatic carbocycles. The second kappa shape index (κ2) is 10.5. The fraction of sp³-hybridized carbons (Fsp3) is 0.400. The maximum Gasteiger partial charge on any atom is 0.240 e. The van der Waals surface area contributed by atoms with Crippen molar-refractivity contribution in [2.24, 2.45) is 0 Å². The van der Waals surface area contributed by atoms with E-state index in [9.17, 15) is 14.0 Å². The molecule has 0 unspecified atom stereocenters. The Hall–Kier alpha value is -2.69. The Balaban J connectivity index is 1.93. The summed E-state index contributed by atoms with van der Waals surface area (Å²) in [6.07, 6.45) is 0. The highest BCUT2D eigenvalue weighted by molar-refractivity contribution is 8.00. The van der Waals surface area contributed by atoms with Crippen LogP contribution in [0.2, 0.25) is 0 Å². The molecule has 186 valence electrons. The van der Waals surface area contributed by atoms with Crippen molar-refractivity contribution in [3.8, 4) is 5.69 Å². The Morgan fingerprint density at radius 3 is 2.74 bits per heavy atom. The van der Waals surface area contributed by atoms with Gasteiger partial charge in [-0.05, 0) is 29.6 Å². The van der Waals surface area contributed by atoms with Gasteiger partial charge >= 0.3 is 0 Å². The summed E-state index contributed by atoms with van der Waals surface area (Å²) in [5.41, 5.74) is 1.82. The zero-order valence-corrected chi connectivity index (χ0v) is 21.8. The Kier molecular flexibility index (Phi) is 7.63. The minimum absolute atomic E-state index is 0.146. The number of anilines is 1. The SMILES string of the molecule is COCCNC(=O)CN1C(=O)CS[C@@H](c2cccs2)c2c(C(C)(C)C)nn(-c3cccc(F)c3)c21. The third kappa shape index (κ3) is 5.44. The predicted molar refractivity (Wildman–Crippen MR) is 138 cm³/mol.